The molecule has 27 heavy (non-hydrogen) atoms. The monoisotopic (exact) mass is 359 g/mol. The lowest BCUT2D eigenvalue weighted by Gasteiger charge is -2.40. The van der Waals surface area contributed by atoms with Gasteiger partial charge in [0, 0.05) is 61.2 Å². The van der Waals surface area contributed by atoms with Gasteiger partial charge in [0.1, 0.15) is 12.1 Å². The van der Waals surface area contributed by atoms with E-state index in [-0.39, 0.29) is 0 Å². The van der Waals surface area contributed by atoms with Gasteiger partial charge in [-0.3, -0.25) is 4.98 Å². The standard InChI is InChI=1S/C20H21N7/c1-2-15(1)18-9-19(24-13-23-18)22-10-14-11-27(12-14)20-4-3-17(25-26-20)16-5-7-21-8-6-16/h3-9,13-15H,1-2,10-12H2,(H,22,23,24). The third-order valence-electron chi connectivity index (χ3n) is 5.16. The largest absolute Gasteiger partial charge is 0.370 e. The minimum atomic E-state index is 0.589. The van der Waals surface area contributed by atoms with Gasteiger partial charge < -0.3 is 10.2 Å². The van der Waals surface area contributed by atoms with Crippen LogP contribution in [-0.2, 0) is 0 Å². The summed E-state index contributed by atoms with van der Waals surface area (Å²) in [4.78, 5) is 15.0. The molecule has 5 rings (SSSR count). The van der Waals surface area contributed by atoms with Crippen molar-refractivity contribution in [2.24, 2.45) is 5.92 Å². The van der Waals surface area contributed by atoms with Crippen LogP contribution in [0.2, 0.25) is 0 Å². The number of rotatable bonds is 6. The highest BCUT2D eigenvalue weighted by atomic mass is 15.3. The number of nitrogens with one attached hydrogen (secondary N) is 1. The lowest BCUT2D eigenvalue weighted by Crippen LogP contribution is -2.50. The Kier molecular flexibility index (Phi) is 4.12. The highest BCUT2D eigenvalue weighted by Crippen LogP contribution is 2.39. The summed E-state index contributed by atoms with van der Waals surface area (Å²) in [5, 5.41) is 12.2. The van der Waals surface area contributed by atoms with Crippen LogP contribution >= 0.6 is 0 Å². The average Bonchev–Trinajstić information content (AvgIpc) is 3.54. The summed E-state index contributed by atoms with van der Waals surface area (Å²) in [6.45, 7) is 2.88. The van der Waals surface area contributed by atoms with Crippen LogP contribution < -0.4 is 10.2 Å². The van der Waals surface area contributed by atoms with Crippen molar-refractivity contribution < 1.29 is 0 Å². The Balaban J connectivity index is 1.13. The Morgan fingerprint density at radius 1 is 1.00 bits per heavy atom. The predicted molar refractivity (Wildman–Crippen MR) is 103 cm³/mol. The van der Waals surface area contributed by atoms with Gasteiger partial charge >= 0.3 is 0 Å². The number of aromatic nitrogens is 5. The summed E-state index contributed by atoms with van der Waals surface area (Å²) in [5.74, 6) is 3.11. The van der Waals surface area contributed by atoms with Crippen LogP contribution in [0.5, 0.6) is 0 Å². The Hall–Kier alpha value is -3.09. The molecule has 136 valence electrons. The molecule has 0 amide bonds. The van der Waals surface area contributed by atoms with E-state index >= 15 is 0 Å². The van der Waals surface area contributed by atoms with Crippen molar-refractivity contribution in [2.45, 2.75) is 18.8 Å². The van der Waals surface area contributed by atoms with E-state index in [4.69, 9.17) is 0 Å². The second-order valence-electron chi connectivity index (χ2n) is 7.27. The van der Waals surface area contributed by atoms with Crippen molar-refractivity contribution in [3.63, 3.8) is 0 Å². The summed E-state index contributed by atoms with van der Waals surface area (Å²) in [5.41, 5.74) is 3.08. The Labute approximate surface area is 157 Å². The molecule has 0 bridgehead atoms. The summed E-state index contributed by atoms with van der Waals surface area (Å²) < 4.78 is 0. The Bertz CT molecular complexity index is 903. The molecule has 1 saturated carbocycles. The van der Waals surface area contributed by atoms with E-state index in [1.807, 2.05) is 24.3 Å². The van der Waals surface area contributed by atoms with Crippen LogP contribution in [0, 0.1) is 5.92 Å². The fourth-order valence-electron chi connectivity index (χ4n) is 3.38. The van der Waals surface area contributed by atoms with E-state index in [1.54, 1.807) is 18.7 Å². The van der Waals surface area contributed by atoms with Gasteiger partial charge in [-0.25, -0.2) is 9.97 Å². The molecule has 3 aromatic rings. The van der Waals surface area contributed by atoms with Crippen LogP contribution in [0.15, 0.2) is 49.1 Å². The van der Waals surface area contributed by atoms with Crippen molar-refractivity contribution in [3.05, 3.63) is 54.7 Å². The van der Waals surface area contributed by atoms with Crippen LogP contribution in [0.25, 0.3) is 11.3 Å². The van der Waals surface area contributed by atoms with E-state index in [1.165, 1.54) is 18.5 Å². The maximum Gasteiger partial charge on any atom is 0.151 e. The zero-order valence-electron chi connectivity index (χ0n) is 15.0. The Morgan fingerprint density at radius 3 is 2.59 bits per heavy atom. The van der Waals surface area contributed by atoms with Gasteiger partial charge in [0.25, 0.3) is 0 Å². The molecule has 1 aliphatic carbocycles. The average molecular weight is 359 g/mol. The first-order valence-corrected chi connectivity index (χ1v) is 9.40. The normalized spacial score (nSPS) is 16.8. The third kappa shape index (κ3) is 3.58. The molecule has 2 fully saturated rings. The maximum atomic E-state index is 4.38. The number of hydrogen-bond acceptors (Lipinski definition) is 7. The molecule has 7 heteroatoms. The minimum Gasteiger partial charge on any atom is -0.370 e. The van der Waals surface area contributed by atoms with E-state index in [0.29, 0.717) is 11.8 Å². The van der Waals surface area contributed by atoms with Gasteiger partial charge in [-0.05, 0) is 37.1 Å². The number of pyridine rings is 1. The van der Waals surface area contributed by atoms with Crippen molar-refractivity contribution in [1.82, 2.24) is 25.1 Å². The zero-order valence-corrected chi connectivity index (χ0v) is 15.0. The molecular formula is C20H21N7. The Morgan fingerprint density at radius 2 is 1.85 bits per heavy atom. The molecule has 0 unspecified atom stereocenters. The van der Waals surface area contributed by atoms with Gasteiger partial charge in [0.2, 0.25) is 0 Å². The van der Waals surface area contributed by atoms with Gasteiger partial charge in [-0.1, -0.05) is 0 Å². The van der Waals surface area contributed by atoms with Gasteiger partial charge in [-0.15, -0.1) is 10.2 Å². The summed E-state index contributed by atoms with van der Waals surface area (Å²) in [7, 11) is 0. The highest BCUT2D eigenvalue weighted by Gasteiger charge is 2.28. The smallest absolute Gasteiger partial charge is 0.151 e. The van der Waals surface area contributed by atoms with Crippen LogP contribution in [0.3, 0.4) is 0 Å². The maximum absolute atomic E-state index is 4.38. The lowest BCUT2D eigenvalue weighted by molar-refractivity contribution is 0.425. The second kappa shape index (κ2) is 6.90. The molecule has 3 aromatic heterocycles. The zero-order chi connectivity index (χ0) is 18.1. The molecular weight excluding hydrogens is 338 g/mol. The van der Waals surface area contributed by atoms with E-state index < -0.39 is 0 Å². The number of nitrogens with zero attached hydrogens (tertiary/aromatic N) is 6. The van der Waals surface area contributed by atoms with Crippen LogP contribution in [0.4, 0.5) is 11.6 Å². The molecule has 0 spiro atoms. The molecule has 0 radical (unpaired) electrons. The molecule has 1 saturated heterocycles. The summed E-state index contributed by atoms with van der Waals surface area (Å²) in [6.07, 6.45) is 7.72. The van der Waals surface area contributed by atoms with Crippen molar-refractivity contribution in [3.8, 4) is 11.3 Å². The minimum absolute atomic E-state index is 0.589. The number of anilines is 2. The van der Waals surface area contributed by atoms with Crippen LogP contribution in [0.1, 0.15) is 24.5 Å². The van der Waals surface area contributed by atoms with E-state index in [2.05, 4.69) is 41.4 Å². The first kappa shape index (κ1) is 16.1. The molecule has 1 aliphatic heterocycles. The fraction of sp³-hybridized carbons (Fsp3) is 0.350. The van der Waals surface area contributed by atoms with Crippen LogP contribution in [-0.4, -0.2) is 44.8 Å². The van der Waals surface area contributed by atoms with Gasteiger partial charge in [0.05, 0.1) is 5.69 Å². The quantitative estimate of drug-likeness (QED) is 0.725. The summed E-state index contributed by atoms with van der Waals surface area (Å²) >= 11 is 0. The number of hydrogen-bond donors (Lipinski definition) is 1. The van der Waals surface area contributed by atoms with Gasteiger partial charge in [-0.2, -0.15) is 0 Å². The van der Waals surface area contributed by atoms with Crippen molar-refractivity contribution in [2.75, 3.05) is 29.9 Å². The molecule has 0 atom stereocenters. The predicted octanol–water partition coefficient (Wildman–Crippen LogP) is 2.75. The van der Waals surface area contributed by atoms with Crippen molar-refractivity contribution in [1.29, 1.82) is 0 Å². The summed E-state index contributed by atoms with van der Waals surface area (Å²) in [6, 6.07) is 10.0. The lowest BCUT2D eigenvalue weighted by atomic mass is 10.0. The third-order valence-corrected chi connectivity index (χ3v) is 5.16. The highest BCUT2D eigenvalue weighted by molar-refractivity contribution is 5.59. The van der Waals surface area contributed by atoms with E-state index in [0.717, 1.165) is 42.5 Å². The molecule has 0 aromatic carbocycles. The molecule has 7 nitrogen and oxygen atoms in total. The van der Waals surface area contributed by atoms with Crippen molar-refractivity contribution >= 4 is 11.6 Å². The molecule has 4 heterocycles. The first-order chi connectivity index (χ1) is 13.3. The fourth-order valence-corrected chi connectivity index (χ4v) is 3.38. The SMILES string of the molecule is c1cc(-c2ccc(N3CC(CNc4cc(C5CC5)ncn4)C3)nn2)ccn1. The topological polar surface area (TPSA) is 79.7 Å². The first-order valence-electron chi connectivity index (χ1n) is 9.40. The second-order valence-corrected chi connectivity index (χ2v) is 7.27. The van der Waals surface area contributed by atoms with E-state index in [9.17, 15) is 0 Å². The molecule has 2 aliphatic rings. The molecule has 1 N–H and O–H groups in total. The van der Waals surface area contributed by atoms with Gasteiger partial charge in [0.15, 0.2) is 5.82 Å².